The van der Waals surface area contributed by atoms with Crippen molar-refractivity contribution in [2.45, 2.75) is 37.6 Å². The average Bonchev–Trinajstić information content (AvgIpc) is 3.28. The van der Waals surface area contributed by atoms with Crippen LogP contribution >= 0.6 is 11.3 Å². The molecule has 1 aliphatic carbocycles. The Labute approximate surface area is 143 Å². The van der Waals surface area contributed by atoms with Crippen LogP contribution in [-0.4, -0.2) is 45.4 Å². The SMILES string of the molecule is O=C1NC2(CCCC2)C(=O)N1CCCNc1ncnc2sccc12. The lowest BCUT2D eigenvalue weighted by Gasteiger charge is -2.20. The number of amides is 3. The van der Waals surface area contributed by atoms with E-state index in [4.69, 9.17) is 0 Å². The minimum atomic E-state index is -0.611. The third-order valence-corrected chi connectivity index (χ3v) is 5.64. The number of hydrogen-bond acceptors (Lipinski definition) is 6. The number of imide groups is 1. The minimum Gasteiger partial charge on any atom is -0.369 e. The number of carbonyl (C=O) groups excluding carboxylic acids is 2. The van der Waals surface area contributed by atoms with Crippen LogP contribution in [0.2, 0.25) is 0 Å². The van der Waals surface area contributed by atoms with Gasteiger partial charge in [0.25, 0.3) is 5.91 Å². The molecule has 0 bridgehead atoms. The standard InChI is InChI=1S/C16H19N5O2S/c22-14-16(5-1-2-6-16)20-15(23)21(14)8-3-7-17-12-11-4-9-24-13(11)19-10-18-12/h4,9-10H,1-3,5-8H2,(H,20,23)(H,17,18,19). The molecule has 2 aliphatic rings. The molecule has 0 radical (unpaired) electrons. The van der Waals surface area contributed by atoms with Crippen molar-refractivity contribution >= 4 is 39.3 Å². The Hall–Kier alpha value is -2.22. The fraction of sp³-hybridized carbons (Fsp3) is 0.500. The third-order valence-electron chi connectivity index (χ3n) is 4.82. The molecular weight excluding hydrogens is 326 g/mol. The molecule has 2 aromatic rings. The molecule has 0 unspecified atom stereocenters. The highest BCUT2D eigenvalue weighted by atomic mass is 32.1. The van der Waals surface area contributed by atoms with Crippen LogP contribution in [-0.2, 0) is 4.79 Å². The molecule has 3 heterocycles. The molecule has 1 saturated heterocycles. The van der Waals surface area contributed by atoms with E-state index in [1.54, 1.807) is 17.7 Å². The average molecular weight is 345 g/mol. The first-order chi connectivity index (χ1) is 11.7. The summed E-state index contributed by atoms with van der Waals surface area (Å²) in [7, 11) is 0. The second-order valence-corrected chi connectivity index (χ2v) is 7.21. The Morgan fingerprint density at radius 2 is 2.12 bits per heavy atom. The van der Waals surface area contributed by atoms with Crippen LogP contribution in [0.25, 0.3) is 10.2 Å². The number of nitrogens with zero attached hydrogens (tertiary/aromatic N) is 3. The summed E-state index contributed by atoms with van der Waals surface area (Å²) >= 11 is 1.58. The van der Waals surface area contributed by atoms with Crippen molar-refractivity contribution in [2.75, 3.05) is 18.4 Å². The summed E-state index contributed by atoms with van der Waals surface area (Å²) in [6.07, 6.45) is 5.78. The first-order valence-electron chi connectivity index (χ1n) is 8.26. The second-order valence-electron chi connectivity index (χ2n) is 6.32. The minimum absolute atomic E-state index is 0.0488. The summed E-state index contributed by atoms with van der Waals surface area (Å²) in [6, 6.07) is 1.74. The molecule has 1 spiro atoms. The Kier molecular flexibility index (Phi) is 3.84. The van der Waals surface area contributed by atoms with Crippen LogP contribution in [0.3, 0.4) is 0 Å². The molecular formula is C16H19N5O2S. The van der Waals surface area contributed by atoms with E-state index in [0.29, 0.717) is 19.5 Å². The van der Waals surface area contributed by atoms with Gasteiger partial charge in [0.15, 0.2) is 0 Å². The van der Waals surface area contributed by atoms with Gasteiger partial charge >= 0.3 is 6.03 Å². The van der Waals surface area contributed by atoms with Crippen molar-refractivity contribution in [3.8, 4) is 0 Å². The van der Waals surface area contributed by atoms with Crippen molar-refractivity contribution in [1.29, 1.82) is 0 Å². The maximum Gasteiger partial charge on any atom is 0.325 e. The fourth-order valence-electron chi connectivity index (χ4n) is 3.57. The second kappa shape index (κ2) is 6.01. The molecule has 1 aliphatic heterocycles. The Balaban J connectivity index is 1.34. The predicted octanol–water partition coefficient (Wildman–Crippen LogP) is 2.36. The highest BCUT2D eigenvalue weighted by molar-refractivity contribution is 7.16. The van der Waals surface area contributed by atoms with E-state index >= 15 is 0 Å². The number of nitrogens with one attached hydrogen (secondary N) is 2. The van der Waals surface area contributed by atoms with Gasteiger partial charge in [0, 0.05) is 13.1 Å². The van der Waals surface area contributed by atoms with Crippen LogP contribution in [0.4, 0.5) is 10.6 Å². The number of hydrogen-bond donors (Lipinski definition) is 2. The monoisotopic (exact) mass is 345 g/mol. The van der Waals surface area contributed by atoms with Gasteiger partial charge in [0.05, 0.1) is 5.39 Å². The van der Waals surface area contributed by atoms with E-state index in [2.05, 4.69) is 20.6 Å². The molecule has 1 saturated carbocycles. The molecule has 3 amide bonds. The molecule has 7 nitrogen and oxygen atoms in total. The van der Waals surface area contributed by atoms with Gasteiger partial charge in [-0.3, -0.25) is 9.69 Å². The molecule has 0 aromatic carbocycles. The molecule has 8 heteroatoms. The molecule has 4 rings (SSSR count). The zero-order valence-electron chi connectivity index (χ0n) is 13.2. The number of rotatable bonds is 5. The van der Waals surface area contributed by atoms with Gasteiger partial charge in [-0.25, -0.2) is 14.8 Å². The fourth-order valence-corrected chi connectivity index (χ4v) is 4.30. The largest absolute Gasteiger partial charge is 0.369 e. The zero-order chi connectivity index (χ0) is 16.6. The lowest BCUT2D eigenvalue weighted by molar-refractivity contribution is -0.131. The van der Waals surface area contributed by atoms with E-state index in [1.165, 1.54) is 4.90 Å². The van der Waals surface area contributed by atoms with Crippen molar-refractivity contribution < 1.29 is 9.59 Å². The van der Waals surface area contributed by atoms with Gasteiger partial charge in [-0.1, -0.05) is 12.8 Å². The van der Waals surface area contributed by atoms with E-state index in [-0.39, 0.29) is 11.9 Å². The summed E-state index contributed by atoms with van der Waals surface area (Å²) in [5, 5.41) is 9.17. The maximum atomic E-state index is 12.5. The smallest absolute Gasteiger partial charge is 0.325 e. The van der Waals surface area contributed by atoms with Crippen LogP contribution in [0.5, 0.6) is 0 Å². The first kappa shape index (κ1) is 15.3. The number of fused-ring (bicyclic) bond motifs is 1. The summed E-state index contributed by atoms with van der Waals surface area (Å²) in [5.74, 6) is 0.748. The molecule has 0 atom stereocenters. The third kappa shape index (κ3) is 2.50. The van der Waals surface area contributed by atoms with Crippen molar-refractivity contribution in [1.82, 2.24) is 20.2 Å². The van der Waals surface area contributed by atoms with Gasteiger partial charge in [-0.15, -0.1) is 11.3 Å². The van der Waals surface area contributed by atoms with E-state index in [0.717, 1.165) is 41.7 Å². The summed E-state index contributed by atoms with van der Waals surface area (Å²) in [6.45, 7) is 1.07. The summed E-state index contributed by atoms with van der Waals surface area (Å²) in [5.41, 5.74) is -0.611. The topological polar surface area (TPSA) is 87.2 Å². The molecule has 126 valence electrons. The molecule has 2 fully saturated rings. The van der Waals surface area contributed by atoms with Gasteiger partial charge in [0.2, 0.25) is 0 Å². The van der Waals surface area contributed by atoms with Crippen molar-refractivity contribution in [2.24, 2.45) is 0 Å². The van der Waals surface area contributed by atoms with Crippen molar-refractivity contribution in [3.63, 3.8) is 0 Å². The zero-order valence-corrected chi connectivity index (χ0v) is 14.1. The number of anilines is 1. The van der Waals surface area contributed by atoms with Gasteiger partial charge < -0.3 is 10.6 Å². The van der Waals surface area contributed by atoms with Crippen molar-refractivity contribution in [3.05, 3.63) is 17.8 Å². The Morgan fingerprint density at radius 1 is 1.29 bits per heavy atom. The predicted molar refractivity (Wildman–Crippen MR) is 92.0 cm³/mol. The highest BCUT2D eigenvalue weighted by Gasteiger charge is 2.51. The molecule has 24 heavy (non-hydrogen) atoms. The lowest BCUT2D eigenvalue weighted by Crippen LogP contribution is -2.44. The summed E-state index contributed by atoms with van der Waals surface area (Å²) in [4.78, 5) is 35.4. The Bertz CT molecular complexity index is 784. The number of urea groups is 1. The number of carbonyl (C=O) groups is 2. The van der Waals surface area contributed by atoms with Crippen LogP contribution in [0, 0.1) is 0 Å². The quantitative estimate of drug-likeness (QED) is 0.642. The number of thiophene rings is 1. The van der Waals surface area contributed by atoms with Crippen LogP contribution < -0.4 is 10.6 Å². The molecule has 2 N–H and O–H groups in total. The van der Waals surface area contributed by atoms with Gasteiger partial charge in [-0.2, -0.15) is 0 Å². The van der Waals surface area contributed by atoms with Crippen LogP contribution in [0.15, 0.2) is 17.8 Å². The highest BCUT2D eigenvalue weighted by Crippen LogP contribution is 2.35. The van der Waals surface area contributed by atoms with E-state index < -0.39 is 5.54 Å². The van der Waals surface area contributed by atoms with Gasteiger partial charge in [0.1, 0.15) is 22.5 Å². The molecule has 2 aromatic heterocycles. The lowest BCUT2D eigenvalue weighted by atomic mass is 9.98. The summed E-state index contributed by atoms with van der Waals surface area (Å²) < 4.78 is 0. The number of aromatic nitrogens is 2. The van der Waals surface area contributed by atoms with E-state index in [9.17, 15) is 9.59 Å². The maximum absolute atomic E-state index is 12.5. The van der Waals surface area contributed by atoms with Crippen LogP contribution in [0.1, 0.15) is 32.1 Å². The normalized spacial score (nSPS) is 19.4. The van der Waals surface area contributed by atoms with E-state index in [1.807, 2.05) is 11.4 Å². The van der Waals surface area contributed by atoms with Gasteiger partial charge in [-0.05, 0) is 30.7 Å². The Morgan fingerprint density at radius 3 is 2.96 bits per heavy atom. The first-order valence-corrected chi connectivity index (χ1v) is 9.14.